The lowest BCUT2D eigenvalue weighted by molar-refractivity contribution is 0.322. The monoisotopic (exact) mass is 531 g/mol. The SMILES string of the molecule is C1CCCCCCCCCCCCCCCCC2CCCC2CCCCCCCCCCCCCCCC1. The zero-order valence-electron chi connectivity index (χ0n) is 26.6. The molecule has 0 aromatic rings. The highest BCUT2D eigenvalue weighted by Gasteiger charge is 2.25. The van der Waals surface area contributed by atoms with Gasteiger partial charge >= 0.3 is 0 Å². The fourth-order valence-electron chi connectivity index (χ4n) is 7.81. The molecule has 2 rings (SSSR count). The van der Waals surface area contributed by atoms with Gasteiger partial charge in [-0.25, -0.2) is 0 Å². The first kappa shape index (κ1) is 34.2. The van der Waals surface area contributed by atoms with E-state index in [1.807, 2.05) is 0 Å². The first-order valence-corrected chi connectivity index (χ1v) is 19.0. The Morgan fingerprint density at radius 2 is 0.263 bits per heavy atom. The van der Waals surface area contributed by atoms with Gasteiger partial charge in [-0.3, -0.25) is 0 Å². The molecular formula is C38H74. The van der Waals surface area contributed by atoms with Crippen LogP contribution < -0.4 is 0 Å². The molecule has 0 aromatic heterocycles. The van der Waals surface area contributed by atoms with Crippen molar-refractivity contribution >= 4 is 0 Å². The van der Waals surface area contributed by atoms with Crippen molar-refractivity contribution in [3.05, 3.63) is 0 Å². The molecule has 0 N–H and O–H groups in total. The van der Waals surface area contributed by atoms with Crippen LogP contribution in [0.3, 0.4) is 0 Å². The molecule has 0 radical (unpaired) electrons. The minimum Gasteiger partial charge on any atom is -0.0533 e. The molecule has 0 aliphatic heterocycles. The van der Waals surface area contributed by atoms with Crippen molar-refractivity contribution in [2.24, 2.45) is 11.8 Å². The first-order chi connectivity index (χ1) is 19.0. The lowest BCUT2D eigenvalue weighted by atomic mass is 9.86. The first-order valence-electron chi connectivity index (χ1n) is 19.0. The standard InChI is InChI=1S/C38H74/c1-2-4-6-8-10-12-14-16-18-20-22-24-26-28-30-33-37-35-32-36-38(37)34-31-29-27-25-23-21-19-17-15-13-11-9-7-5-3-1/h37-38H,1-36H2. The lowest BCUT2D eigenvalue weighted by Crippen LogP contribution is -2.08. The third-order valence-corrected chi connectivity index (χ3v) is 10.5. The highest BCUT2D eigenvalue weighted by Crippen LogP contribution is 2.38. The van der Waals surface area contributed by atoms with Crippen LogP contribution in [0.1, 0.15) is 231 Å². The predicted octanol–water partition coefficient (Wildman–Crippen LogP) is 14.3. The van der Waals surface area contributed by atoms with Crippen molar-refractivity contribution < 1.29 is 0 Å². The summed E-state index contributed by atoms with van der Waals surface area (Å²) in [4.78, 5) is 0. The Kier molecular flexibility index (Phi) is 24.5. The van der Waals surface area contributed by atoms with Gasteiger partial charge in [0.1, 0.15) is 0 Å². The maximum Gasteiger partial charge on any atom is -0.0386 e. The van der Waals surface area contributed by atoms with Gasteiger partial charge in [-0.05, 0) is 11.8 Å². The van der Waals surface area contributed by atoms with Gasteiger partial charge in [-0.1, -0.05) is 231 Å². The van der Waals surface area contributed by atoms with Crippen molar-refractivity contribution in [3.63, 3.8) is 0 Å². The van der Waals surface area contributed by atoms with Crippen molar-refractivity contribution in [1.82, 2.24) is 0 Å². The van der Waals surface area contributed by atoms with E-state index in [9.17, 15) is 0 Å². The molecule has 2 atom stereocenters. The summed E-state index contributed by atoms with van der Waals surface area (Å²) in [6.45, 7) is 0. The molecule has 0 saturated heterocycles. The lowest BCUT2D eigenvalue weighted by Gasteiger charge is -2.19. The maximum atomic E-state index is 1.56. The fourth-order valence-corrected chi connectivity index (χ4v) is 7.81. The van der Waals surface area contributed by atoms with Crippen LogP contribution >= 0.6 is 0 Å². The number of fused-ring (bicyclic) bond motifs is 1. The minimum atomic E-state index is 1.10. The molecule has 0 aromatic carbocycles. The molecule has 2 aliphatic carbocycles. The van der Waals surface area contributed by atoms with Gasteiger partial charge in [-0.2, -0.15) is 0 Å². The van der Waals surface area contributed by atoms with Gasteiger partial charge in [-0.15, -0.1) is 0 Å². The average Bonchev–Trinajstić information content (AvgIpc) is 3.38. The summed E-state index contributed by atoms with van der Waals surface area (Å²) in [5, 5.41) is 0. The third-order valence-electron chi connectivity index (χ3n) is 10.5. The minimum absolute atomic E-state index is 1.10. The Balaban J connectivity index is 1.51. The van der Waals surface area contributed by atoms with Crippen LogP contribution in [0, 0.1) is 11.8 Å². The summed E-state index contributed by atoms with van der Waals surface area (Å²) < 4.78 is 0. The molecule has 226 valence electrons. The Morgan fingerprint density at radius 1 is 0.132 bits per heavy atom. The van der Waals surface area contributed by atoms with Gasteiger partial charge in [0.2, 0.25) is 0 Å². The molecule has 2 unspecified atom stereocenters. The van der Waals surface area contributed by atoms with Crippen LogP contribution in [0.5, 0.6) is 0 Å². The Labute approximate surface area is 242 Å². The molecule has 0 nitrogen and oxygen atoms in total. The van der Waals surface area contributed by atoms with E-state index in [2.05, 4.69) is 0 Å². The molecule has 0 amide bonds. The molecule has 2 aliphatic rings. The summed E-state index contributed by atoms with van der Waals surface area (Å²) in [5.74, 6) is 2.20. The smallest absolute Gasteiger partial charge is 0.0386 e. The Bertz CT molecular complexity index is 413. The van der Waals surface area contributed by atoms with Crippen LogP contribution in [0.25, 0.3) is 0 Å². The second-order valence-corrected chi connectivity index (χ2v) is 14.0. The van der Waals surface area contributed by atoms with Crippen molar-refractivity contribution in [3.8, 4) is 0 Å². The second kappa shape index (κ2) is 27.2. The van der Waals surface area contributed by atoms with E-state index in [4.69, 9.17) is 0 Å². The molecule has 0 bridgehead atoms. The van der Waals surface area contributed by atoms with Gasteiger partial charge < -0.3 is 0 Å². The van der Waals surface area contributed by atoms with Crippen LogP contribution in [0.2, 0.25) is 0 Å². The van der Waals surface area contributed by atoms with Gasteiger partial charge in [0, 0.05) is 0 Å². The zero-order valence-corrected chi connectivity index (χ0v) is 26.6. The summed E-state index contributed by atoms with van der Waals surface area (Å²) in [7, 11) is 0. The van der Waals surface area contributed by atoms with E-state index in [1.54, 1.807) is 25.7 Å². The van der Waals surface area contributed by atoms with Crippen LogP contribution in [0.15, 0.2) is 0 Å². The second-order valence-electron chi connectivity index (χ2n) is 14.0. The van der Waals surface area contributed by atoms with Gasteiger partial charge in [0.05, 0.1) is 0 Å². The summed E-state index contributed by atoms with van der Waals surface area (Å²) in [6, 6.07) is 0. The molecule has 0 heteroatoms. The molecule has 0 spiro atoms. The fraction of sp³-hybridized carbons (Fsp3) is 1.00. The molecular weight excluding hydrogens is 456 g/mol. The predicted molar refractivity (Wildman–Crippen MR) is 173 cm³/mol. The number of hydrogen-bond acceptors (Lipinski definition) is 0. The summed E-state index contributed by atoms with van der Waals surface area (Å²) in [6.07, 6.45) is 54.5. The van der Waals surface area contributed by atoms with Crippen molar-refractivity contribution in [2.45, 2.75) is 231 Å². The van der Waals surface area contributed by atoms with Crippen molar-refractivity contribution in [2.75, 3.05) is 0 Å². The van der Waals surface area contributed by atoms with E-state index in [0.29, 0.717) is 0 Å². The molecule has 2 saturated carbocycles. The van der Waals surface area contributed by atoms with Crippen LogP contribution in [0.4, 0.5) is 0 Å². The van der Waals surface area contributed by atoms with E-state index in [1.165, 1.54) is 205 Å². The summed E-state index contributed by atoms with van der Waals surface area (Å²) >= 11 is 0. The number of hydrogen-bond donors (Lipinski definition) is 0. The normalized spacial score (nSPS) is 28.4. The van der Waals surface area contributed by atoms with Crippen LogP contribution in [-0.4, -0.2) is 0 Å². The zero-order chi connectivity index (χ0) is 26.6. The highest BCUT2D eigenvalue weighted by atomic mass is 14.3. The Morgan fingerprint density at radius 3 is 0.447 bits per heavy atom. The van der Waals surface area contributed by atoms with Crippen molar-refractivity contribution in [1.29, 1.82) is 0 Å². The van der Waals surface area contributed by atoms with E-state index in [-0.39, 0.29) is 0 Å². The van der Waals surface area contributed by atoms with Gasteiger partial charge in [0.15, 0.2) is 0 Å². The third kappa shape index (κ3) is 20.8. The van der Waals surface area contributed by atoms with E-state index >= 15 is 0 Å². The van der Waals surface area contributed by atoms with E-state index in [0.717, 1.165) is 11.8 Å². The van der Waals surface area contributed by atoms with Gasteiger partial charge in [0.25, 0.3) is 0 Å². The molecule has 38 heavy (non-hydrogen) atoms. The topological polar surface area (TPSA) is 0 Å². The maximum absolute atomic E-state index is 1.56. The largest absolute Gasteiger partial charge is 0.0533 e. The Hall–Kier alpha value is 0. The quantitative estimate of drug-likeness (QED) is 0.292. The average molecular weight is 531 g/mol. The highest BCUT2D eigenvalue weighted by molar-refractivity contribution is 4.77. The summed E-state index contributed by atoms with van der Waals surface area (Å²) in [5.41, 5.74) is 0. The number of rotatable bonds is 0. The molecule has 2 fully saturated rings. The van der Waals surface area contributed by atoms with Crippen LogP contribution in [-0.2, 0) is 0 Å². The molecule has 0 heterocycles. The van der Waals surface area contributed by atoms with E-state index < -0.39 is 0 Å².